The molecule has 4 nitrogen and oxygen atoms in total. The van der Waals surface area contributed by atoms with Gasteiger partial charge < -0.3 is 14.6 Å². The van der Waals surface area contributed by atoms with Crippen LogP contribution in [0.2, 0.25) is 0 Å². The summed E-state index contributed by atoms with van der Waals surface area (Å²) in [6, 6.07) is 9.19. The van der Waals surface area contributed by atoms with Crippen LogP contribution in [0.4, 0.5) is 0 Å². The minimum Gasteiger partial charge on any atom is -0.379 e. The van der Waals surface area contributed by atoms with E-state index in [0.717, 1.165) is 45.9 Å². The first-order valence-corrected chi connectivity index (χ1v) is 8.35. The molecule has 1 aromatic carbocycles. The van der Waals surface area contributed by atoms with Crippen molar-refractivity contribution in [1.29, 1.82) is 0 Å². The maximum atomic E-state index is 5.38. The number of para-hydroxylation sites is 1. The van der Waals surface area contributed by atoms with Crippen LogP contribution in [0.25, 0.3) is 10.9 Å². The molecule has 0 amide bonds. The lowest BCUT2D eigenvalue weighted by Gasteiger charge is -2.26. The summed E-state index contributed by atoms with van der Waals surface area (Å²) in [5.74, 6) is 0. The van der Waals surface area contributed by atoms with E-state index in [9.17, 15) is 0 Å². The Labute approximate surface area is 133 Å². The van der Waals surface area contributed by atoms with Crippen LogP contribution >= 0.6 is 0 Å². The van der Waals surface area contributed by atoms with Gasteiger partial charge in [0.05, 0.1) is 13.2 Å². The predicted octanol–water partition coefficient (Wildman–Crippen LogP) is 2.64. The van der Waals surface area contributed by atoms with Gasteiger partial charge in [0.25, 0.3) is 0 Å². The molecular weight excluding hydrogens is 274 g/mol. The summed E-state index contributed by atoms with van der Waals surface area (Å²) >= 11 is 0. The quantitative estimate of drug-likeness (QED) is 0.832. The van der Waals surface area contributed by atoms with Crippen molar-refractivity contribution in [3.05, 3.63) is 36.0 Å². The first-order chi connectivity index (χ1) is 10.8. The molecule has 1 N–H and O–H groups in total. The van der Waals surface area contributed by atoms with E-state index in [1.807, 2.05) is 0 Å². The van der Waals surface area contributed by atoms with E-state index in [2.05, 4.69) is 59.1 Å². The van der Waals surface area contributed by atoms with Gasteiger partial charge >= 0.3 is 0 Å². The minimum absolute atomic E-state index is 0.493. The average molecular weight is 301 g/mol. The van der Waals surface area contributed by atoms with Gasteiger partial charge in [-0.2, -0.15) is 0 Å². The summed E-state index contributed by atoms with van der Waals surface area (Å²) in [4.78, 5) is 2.47. The average Bonchev–Trinajstić information content (AvgIpc) is 2.92. The lowest BCUT2D eigenvalue weighted by Crippen LogP contribution is -2.40. The van der Waals surface area contributed by atoms with Crippen LogP contribution in [0.1, 0.15) is 25.5 Å². The van der Waals surface area contributed by atoms with Crippen LogP contribution in [0.3, 0.4) is 0 Å². The van der Waals surface area contributed by atoms with E-state index < -0.39 is 0 Å². The number of nitrogens with one attached hydrogen (secondary N) is 1. The van der Waals surface area contributed by atoms with E-state index in [4.69, 9.17) is 4.74 Å². The molecule has 1 aromatic heterocycles. The SMILES string of the molecule is CC(C)n1cc(CNCCN2CCOCC2)c2ccccc21. The van der Waals surface area contributed by atoms with Gasteiger partial charge in [-0.25, -0.2) is 0 Å². The zero-order valence-electron chi connectivity index (χ0n) is 13.7. The Bertz CT molecular complexity index is 599. The highest BCUT2D eigenvalue weighted by molar-refractivity contribution is 5.84. The van der Waals surface area contributed by atoms with Crippen molar-refractivity contribution in [2.24, 2.45) is 0 Å². The maximum Gasteiger partial charge on any atom is 0.0594 e. The van der Waals surface area contributed by atoms with Crippen LogP contribution in [0.15, 0.2) is 30.5 Å². The molecule has 1 fully saturated rings. The summed E-state index contributed by atoms with van der Waals surface area (Å²) in [6.07, 6.45) is 2.30. The van der Waals surface area contributed by atoms with Crippen LogP contribution < -0.4 is 5.32 Å². The second kappa shape index (κ2) is 7.27. The van der Waals surface area contributed by atoms with Crippen molar-refractivity contribution in [2.45, 2.75) is 26.4 Å². The van der Waals surface area contributed by atoms with Crippen LogP contribution in [-0.2, 0) is 11.3 Å². The molecule has 0 bridgehead atoms. The fraction of sp³-hybridized carbons (Fsp3) is 0.556. The van der Waals surface area contributed by atoms with Crippen LogP contribution in [0, 0.1) is 0 Å². The van der Waals surface area contributed by atoms with Crippen molar-refractivity contribution < 1.29 is 4.74 Å². The number of rotatable bonds is 6. The molecule has 1 aliphatic rings. The monoisotopic (exact) mass is 301 g/mol. The Morgan fingerprint density at radius 3 is 2.73 bits per heavy atom. The largest absolute Gasteiger partial charge is 0.379 e. The summed E-state index contributed by atoms with van der Waals surface area (Å²) in [5.41, 5.74) is 2.73. The number of benzene rings is 1. The fourth-order valence-electron chi connectivity index (χ4n) is 3.13. The number of fused-ring (bicyclic) bond motifs is 1. The molecule has 2 heterocycles. The highest BCUT2D eigenvalue weighted by atomic mass is 16.5. The second-order valence-electron chi connectivity index (χ2n) is 6.30. The molecule has 1 aliphatic heterocycles. The van der Waals surface area contributed by atoms with Crippen molar-refractivity contribution in [3.63, 3.8) is 0 Å². The van der Waals surface area contributed by atoms with Gasteiger partial charge in [-0.1, -0.05) is 18.2 Å². The van der Waals surface area contributed by atoms with Crippen molar-refractivity contribution in [2.75, 3.05) is 39.4 Å². The number of hydrogen-bond acceptors (Lipinski definition) is 3. The van der Waals surface area contributed by atoms with Gasteiger partial charge in [0, 0.05) is 55.9 Å². The Morgan fingerprint density at radius 1 is 1.18 bits per heavy atom. The van der Waals surface area contributed by atoms with Gasteiger partial charge in [-0.3, -0.25) is 4.90 Å². The van der Waals surface area contributed by atoms with Crippen molar-refractivity contribution >= 4 is 10.9 Å². The Balaban J connectivity index is 1.59. The van der Waals surface area contributed by atoms with Crippen LogP contribution in [-0.4, -0.2) is 48.9 Å². The Kier molecular flexibility index (Phi) is 5.13. The third kappa shape index (κ3) is 3.51. The zero-order valence-corrected chi connectivity index (χ0v) is 13.7. The van der Waals surface area contributed by atoms with E-state index in [1.54, 1.807) is 0 Å². The second-order valence-corrected chi connectivity index (χ2v) is 6.30. The fourth-order valence-corrected chi connectivity index (χ4v) is 3.13. The predicted molar refractivity (Wildman–Crippen MR) is 91.3 cm³/mol. The first kappa shape index (κ1) is 15.5. The van der Waals surface area contributed by atoms with Gasteiger partial charge in [-0.15, -0.1) is 0 Å². The van der Waals surface area contributed by atoms with E-state index in [1.165, 1.54) is 16.5 Å². The molecule has 0 saturated carbocycles. The third-order valence-electron chi connectivity index (χ3n) is 4.40. The minimum atomic E-state index is 0.493. The first-order valence-electron chi connectivity index (χ1n) is 8.35. The number of hydrogen-bond donors (Lipinski definition) is 1. The number of morpholine rings is 1. The Morgan fingerprint density at radius 2 is 1.95 bits per heavy atom. The summed E-state index contributed by atoms with van der Waals surface area (Å²) in [6.45, 7) is 11.4. The summed E-state index contributed by atoms with van der Waals surface area (Å²) in [5, 5.41) is 4.97. The number of nitrogens with zero attached hydrogens (tertiary/aromatic N) is 2. The highest BCUT2D eigenvalue weighted by Crippen LogP contribution is 2.24. The summed E-state index contributed by atoms with van der Waals surface area (Å²) in [7, 11) is 0. The van der Waals surface area contributed by atoms with Gasteiger partial charge in [0.15, 0.2) is 0 Å². The zero-order chi connectivity index (χ0) is 15.4. The lowest BCUT2D eigenvalue weighted by molar-refractivity contribution is 0.0384. The van der Waals surface area contributed by atoms with Crippen molar-refractivity contribution in [3.8, 4) is 0 Å². The third-order valence-corrected chi connectivity index (χ3v) is 4.40. The van der Waals surface area contributed by atoms with Gasteiger partial charge in [0.2, 0.25) is 0 Å². The standard InChI is InChI=1S/C18H27N3O/c1-15(2)21-14-16(17-5-3-4-6-18(17)21)13-19-7-8-20-9-11-22-12-10-20/h3-6,14-15,19H,7-13H2,1-2H3. The van der Waals surface area contributed by atoms with Gasteiger partial charge in [0.1, 0.15) is 0 Å². The topological polar surface area (TPSA) is 29.4 Å². The molecule has 0 atom stereocenters. The van der Waals surface area contributed by atoms with E-state index >= 15 is 0 Å². The molecule has 0 unspecified atom stereocenters. The number of aromatic nitrogens is 1. The molecule has 1 saturated heterocycles. The Hall–Kier alpha value is -1.36. The van der Waals surface area contributed by atoms with Crippen LogP contribution in [0.5, 0.6) is 0 Å². The molecule has 0 aliphatic carbocycles. The molecule has 4 heteroatoms. The van der Waals surface area contributed by atoms with E-state index in [0.29, 0.717) is 6.04 Å². The molecule has 2 aromatic rings. The van der Waals surface area contributed by atoms with Gasteiger partial charge in [-0.05, 0) is 25.5 Å². The maximum absolute atomic E-state index is 5.38. The highest BCUT2D eigenvalue weighted by Gasteiger charge is 2.11. The lowest BCUT2D eigenvalue weighted by atomic mass is 10.2. The molecule has 0 spiro atoms. The normalized spacial score (nSPS) is 16.7. The summed E-state index contributed by atoms with van der Waals surface area (Å²) < 4.78 is 7.75. The molecule has 120 valence electrons. The number of ether oxygens (including phenoxy) is 1. The van der Waals surface area contributed by atoms with Crippen molar-refractivity contribution in [1.82, 2.24) is 14.8 Å². The van der Waals surface area contributed by atoms with E-state index in [-0.39, 0.29) is 0 Å². The molecule has 3 rings (SSSR count). The molecular formula is C18H27N3O. The molecule has 0 radical (unpaired) electrons. The molecule has 22 heavy (non-hydrogen) atoms. The smallest absolute Gasteiger partial charge is 0.0594 e.